The highest BCUT2D eigenvalue weighted by atomic mass is 32.1. The van der Waals surface area contributed by atoms with E-state index in [0.717, 1.165) is 11.4 Å². The van der Waals surface area contributed by atoms with Gasteiger partial charge in [0, 0.05) is 11.1 Å². The Bertz CT molecular complexity index is 510. The van der Waals surface area contributed by atoms with Crippen LogP contribution in [-0.2, 0) is 16.0 Å². The summed E-state index contributed by atoms with van der Waals surface area (Å²) < 4.78 is 0. The molecule has 2 rings (SSSR count). The number of piperazine rings is 1. The number of amides is 2. The van der Waals surface area contributed by atoms with Gasteiger partial charge in [0.2, 0.25) is 11.8 Å². The van der Waals surface area contributed by atoms with Crippen LogP contribution in [0.1, 0.15) is 43.6 Å². The van der Waals surface area contributed by atoms with E-state index < -0.39 is 5.54 Å². The third-order valence-corrected chi connectivity index (χ3v) is 4.62. The van der Waals surface area contributed by atoms with E-state index in [0.29, 0.717) is 0 Å². The predicted octanol–water partition coefficient (Wildman–Crippen LogP) is 1.50. The summed E-state index contributed by atoms with van der Waals surface area (Å²) in [6.07, 6.45) is 2.78. The van der Waals surface area contributed by atoms with E-state index in [1.807, 2.05) is 13.1 Å². The summed E-state index contributed by atoms with van der Waals surface area (Å²) >= 11 is 1.60. The molecule has 1 N–H and O–H groups in total. The predicted molar refractivity (Wildman–Crippen MR) is 73.8 cm³/mol. The lowest BCUT2D eigenvalue weighted by atomic mass is 9.99. The van der Waals surface area contributed by atoms with Crippen LogP contribution in [-0.4, -0.2) is 33.8 Å². The lowest BCUT2D eigenvalue weighted by molar-refractivity contribution is -0.150. The number of nitrogens with one attached hydrogen (secondary N) is 1. The molecule has 1 aromatic rings. The van der Waals surface area contributed by atoms with E-state index in [9.17, 15) is 9.59 Å². The molecule has 0 bridgehead atoms. The quantitative estimate of drug-likeness (QED) is 0.913. The highest BCUT2D eigenvalue weighted by Gasteiger charge is 2.41. The third kappa shape index (κ3) is 2.63. The molecule has 19 heavy (non-hydrogen) atoms. The Morgan fingerprint density at radius 3 is 2.79 bits per heavy atom. The highest BCUT2D eigenvalue weighted by Crippen LogP contribution is 2.28. The number of thiazole rings is 1. The second-order valence-electron chi connectivity index (χ2n) is 5.30. The Kier molecular flexibility index (Phi) is 3.62. The molecule has 2 amide bonds. The maximum Gasteiger partial charge on any atom is 0.248 e. The van der Waals surface area contributed by atoms with Crippen molar-refractivity contribution in [3.63, 3.8) is 0 Å². The van der Waals surface area contributed by atoms with Crippen LogP contribution in [0, 0.1) is 0 Å². The van der Waals surface area contributed by atoms with Gasteiger partial charge in [-0.05, 0) is 27.2 Å². The van der Waals surface area contributed by atoms with Crippen LogP contribution in [0.25, 0.3) is 0 Å². The Morgan fingerprint density at radius 1 is 1.53 bits per heavy atom. The number of carbonyl (C=O) groups is 2. The van der Waals surface area contributed by atoms with Gasteiger partial charge in [0.05, 0.1) is 6.04 Å². The van der Waals surface area contributed by atoms with E-state index in [1.165, 1.54) is 4.88 Å². The molecule has 1 saturated heterocycles. The summed E-state index contributed by atoms with van der Waals surface area (Å²) in [5.74, 6) is -0.184. The van der Waals surface area contributed by atoms with Gasteiger partial charge in [-0.1, -0.05) is 6.92 Å². The summed E-state index contributed by atoms with van der Waals surface area (Å²) in [7, 11) is 0. The fourth-order valence-electron chi connectivity index (χ4n) is 2.15. The van der Waals surface area contributed by atoms with Crippen LogP contribution in [0.5, 0.6) is 0 Å². The standard InChI is InChI=1S/C13H19N3O2S/c1-5-9-6-14-11(19-9)8(2)16-7-10(17)15-13(3,4)12(16)18/h6,8H,5,7H2,1-4H3,(H,15,17). The minimum absolute atomic E-state index is 0.0622. The summed E-state index contributed by atoms with van der Waals surface area (Å²) in [6, 6.07) is -0.164. The summed E-state index contributed by atoms with van der Waals surface area (Å²) in [5.41, 5.74) is -0.839. The van der Waals surface area contributed by atoms with E-state index in [2.05, 4.69) is 17.2 Å². The summed E-state index contributed by atoms with van der Waals surface area (Å²) in [6.45, 7) is 7.55. The topological polar surface area (TPSA) is 62.3 Å². The zero-order valence-corrected chi connectivity index (χ0v) is 12.5. The van der Waals surface area contributed by atoms with Gasteiger partial charge in [0.15, 0.2) is 0 Å². The smallest absolute Gasteiger partial charge is 0.248 e. The maximum atomic E-state index is 12.4. The van der Waals surface area contributed by atoms with Crippen molar-refractivity contribution in [2.75, 3.05) is 6.54 Å². The van der Waals surface area contributed by atoms with Crippen LogP contribution < -0.4 is 5.32 Å². The van der Waals surface area contributed by atoms with Crippen molar-refractivity contribution in [1.82, 2.24) is 15.2 Å². The van der Waals surface area contributed by atoms with Crippen LogP contribution in [0.2, 0.25) is 0 Å². The zero-order chi connectivity index (χ0) is 14.2. The molecular weight excluding hydrogens is 262 g/mol. The Balaban J connectivity index is 2.24. The van der Waals surface area contributed by atoms with Crippen molar-refractivity contribution in [2.24, 2.45) is 0 Å². The molecule has 6 heteroatoms. The monoisotopic (exact) mass is 281 g/mol. The minimum atomic E-state index is -0.839. The maximum absolute atomic E-state index is 12.4. The molecule has 1 atom stereocenters. The molecule has 0 radical (unpaired) electrons. The van der Waals surface area contributed by atoms with Crippen LogP contribution in [0.15, 0.2) is 6.20 Å². The number of rotatable bonds is 3. The van der Waals surface area contributed by atoms with E-state index in [-0.39, 0.29) is 24.4 Å². The van der Waals surface area contributed by atoms with Crippen LogP contribution in [0.3, 0.4) is 0 Å². The van der Waals surface area contributed by atoms with Crippen molar-refractivity contribution < 1.29 is 9.59 Å². The first kappa shape index (κ1) is 14.0. The van der Waals surface area contributed by atoms with Crippen molar-refractivity contribution in [1.29, 1.82) is 0 Å². The molecule has 0 aromatic carbocycles. The molecule has 0 aliphatic carbocycles. The molecule has 1 fully saturated rings. The van der Waals surface area contributed by atoms with E-state index in [4.69, 9.17) is 0 Å². The molecule has 104 valence electrons. The largest absolute Gasteiger partial charge is 0.341 e. The highest BCUT2D eigenvalue weighted by molar-refractivity contribution is 7.11. The van der Waals surface area contributed by atoms with Gasteiger partial charge < -0.3 is 10.2 Å². The number of carbonyl (C=O) groups excluding carboxylic acids is 2. The normalized spacial score (nSPS) is 20.3. The fourth-order valence-corrected chi connectivity index (χ4v) is 3.07. The third-order valence-electron chi connectivity index (χ3n) is 3.31. The molecule has 0 spiro atoms. The van der Waals surface area contributed by atoms with Crippen LogP contribution in [0.4, 0.5) is 0 Å². The molecule has 1 unspecified atom stereocenters. The SMILES string of the molecule is CCc1cnc(C(C)N2CC(=O)NC(C)(C)C2=O)s1. The Hall–Kier alpha value is -1.43. The number of hydrogen-bond acceptors (Lipinski definition) is 4. The van der Waals surface area contributed by atoms with E-state index in [1.54, 1.807) is 30.1 Å². The van der Waals surface area contributed by atoms with Crippen molar-refractivity contribution in [3.05, 3.63) is 16.1 Å². The average molecular weight is 281 g/mol. The van der Waals surface area contributed by atoms with Gasteiger partial charge in [-0.15, -0.1) is 11.3 Å². The molecule has 1 aliphatic rings. The van der Waals surface area contributed by atoms with E-state index >= 15 is 0 Å². The van der Waals surface area contributed by atoms with Gasteiger partial charge in [-0.2, -0.15) is 0 Å². The molecule has 0 saturated carbocycles. The number of hydrogen-bond donors (Lipinski definition) is 1. The average Bonchev–Trinajstić information content (AvgIpc) is 2.81. The summed E-state index contributed by atoms with van der Waals surface area (Å²) in [5, 5.41) is 3.60. The molecule has 2 heterocycles. The second kappa shape index (κ2) is 4.92. The Labute approximate surface area is 117 Å². The van der Waals surface area contributed by atoms with Crippen molar-refractivity contribution in [3.8, 4) is 0 Å². The molecular formula is C13H19N3O2S. The first-order valence-corrected chi connectivity index (χ1v) is 7.23. The van der Waals surface area contributed by atoms with Crippen molar-refractivity contribution in [2.45, 2.75) is 45.7 Å². The fraction of sp³-hybridized carbons (Fsp3) is 0.615. The lowest BCUT2D eigenvalue weighted by Gasteiger charge is -2.39. The molecule has 1 aliphatic heterocycles. The van der Waals surface area contributed by atoms with Gasteiger partial charge in [-0.25, -0.2) is 4.98 Å². The van der Waals surface area contributed by atoms with Gasteiger partial charge >= 0.3 is 0 Å². The zero-order valence-electron chi connectivity index (χ0n) is 11.7. The second-order valence-corrected chi connectivity index (χ2v) is 6.45. The molecule has 1 aromatic heterocycles. The first-order valence-electron chi connectivity index (χ1n) is 6.42. The Morgan fingerprint density at radius 2 is 2.21 bits per heavy atom. The summed E-state index contributed by atoms with van der Waals surface area (Å²) in [4.78, 5) is 31.2. The first-order chi connectivity index (χ1) is 8.85. The van der Waals surface area contributed by atoms with Gasteiger partial charge in [0.1, 0.15) is 17.1 Å². The number of aryl methyl sites for hydroxylation is 1. The van der Waals surface area contributed by atoms with Crippen LogP contribution >= 0.6 is 11.3 Å². The van der Waals surface area contributed by atoms with Gasteiger partial charge in [-0.3, -0.25) is 9.59 Å². The number of nitrogens with zero attached hydrogens (tertiary/aromatic N) is 2. The van der Waals surface area contributed by atoms with Gasteiger partial charge in [0.25, 0.3) is 0 Å². The minimum Gasteiger partial charge on any atom is -0.341 e. The number of aromatic nitrogens is 1. The molecule has 5 nitrogen and oxygen atoms in total. The van der Waals surface area contributed by atoms with Crippen molar-refractivity contribution >= 4 is 23.2 Å². The lowest BCUT2D eigenvalue weighted by Crippen LogP contribution is -2.64.